The predicted octanol–water partition coefficient (Wildman–Crippen LogP) is 2.87. The van der Waals surface area contributed by atoms with Crippen LogP contribution in [0.4, 0.5) is 16.9 Å². The zero-order valence-corrected chi connectivity index (χ0v) is 20.5. The van der Waals surface area contributed by atoms with Crippen molar-refractivity contribution in [3.63, 3.8) is 0 Å². The van der Waals surface area contributed by atoms with Crippen LogP contribution >= 0.6 is 11.3 Å². The minimum absolute atomic E-state index is 0.219. The van der Waals surface area contributed by atoms with Crippen molar-refractivity contribution in [1.29, 1.82) is 0 Å². The first-order valence-corrected chi connectivity index (χ1v) is 13.0. The highest BCUT2D eigenvalue weighted by atomic mass is 32.1. The summed E-state index contributed by atoms with van der Waals surface area (Å²) in [5, 5.41) is 20.8. The quantitative estimate of drug-likeness (QED) is 0.260. The molecule has 3 atom stereocenters. The lowest BCUT2D eigenvalue weighted by Crippen LogP contribution is -2.43. The Morgan fingerprint density at radius 2 is 2.09 bits per heavy atom. The molecule has 3 aromatic rings. The van der Waals surface area contributed by atoms with E-state index in [1.54, 1.807) is 6.20 Å². The van der Waals surface area contributed by atoms with E-state index in [0.29, 0.717) is 11.8 Å². The van der Waals surface area contributed by atoms with Crippen molar-refractivity contribution in [2.24, 2.45) is 0 Å². The van der Waals surface area contributed by atoms with Gasteiger partial charge in [0.25, 0.3) is 0 Å². The second-order valence-electron chi connectivity index (χ2n) is 8.98. The standard InChI is InChI=1S/C24H32N8O2S/c1-2-21(33)26-16-5-3-6-17(13-16)27-23-28-18(15-32-9-11-34-12-10-32)14-20(30-23)31-24-29-19-7-4-8-25-22(19)35-24/h2,4,7-8,14,16-17,21,26,33H,1,3,5-6,9-13,15H2,(H2,27,28,29,30,31). The molecule has 1 saturated carbocycles. The van der Waals surface area contributed by atoms with Gasteiger partial charge in [-0.05, 0) is 43.9 Å². The van der Waals surface area contributed by atoms with Crippen LogP contribution in [0.25, 0.3) is 10.3 Å². The SMILES string of the molecule is C=CC(O)NC1CCCC(Nc2nc(CN3CCOCC3)cc(Nc3nc4cccnc4s3)n2)C1. The van der Waals surface area contributed by atoms with E-state index in [1.807, 2.05) is 18.2 Å². The van der Waals surface area contributed by atoms with Crippen molar-refractivity contribution < 1.29 is 9.84 Å². The van der Waals surface area contributed by atoms with Crippen LogP contribution in [0.2, 0.25) is 0 Å². The Bertz CT molecular complexity index is 1100. The van der Waals surface area contributed by atoms with Gasteiger partial charge in [0.2, 0.25) is 5.95 Å². The van der Waals surface area contributed by atoms with Crippen LogP contribution in [0.3, 0.4) is 0 Å². The molecule has 0 amide bonds. The van der Waals surface area contributed by atoms with Crippen molar-refractivity contribution >= 4 is 38.6 Å². The molecule has 5 rings (SSSR count). The van der Waals surface area contributed by atoms with Gasteiger partial charge in [-0.2, -0.15) is 4.98 Å². The largest absolute Gasteiger partial charge is 0.379 e. The second-order valence-corrected chi connectivity index (χ2v) is 9.96. The third kappa shape index (κ3) is 6.50. The van der Waals surface area contributed by atoms with Crippen molar-refractivity contribution in [2.75, 3.05) is 36.9 Å². The van der Waals surface area contributed by atoms with E-state index in [1.165, 1.54) is 17.4 Å². The lowest BCUT2D eigenvalue weighted by Gasteiger charge is -2.31. The first-order chi connectivity index (χ1) is 17.1. The summed E-state index contributed by atoms with van der Waals surface area (Å²) in [6.45, 7) is 7.65. The molecule has 0 aromatic carbocycles. The molecule has 4 heterocycles. The third-order valence-corrected chi connectivity index (χ3v) is 7.20. The van der Waals surface area contributed by atoms with E-state index in [0.717, 1.165) is 79.7 Å². The molecule has 186 valence electrons. The molecule has 0 radical (unpaired) electrons. The number of thiazole rings is 1. The minimum Gasteiger partial charge on any atom is -0.379 e. The molecule has 1 saturated heterocycles. The summed E-state index contributed by atoms with van der Waals surface area (Å²) in [4.78, 5) is 21.9. The van der Waals surface area contributed by atoms with Crippen LogP contribution in [0.1, 0.15) is 31.4 Å². The van der Waals surface area contributed by atoms with E-state index in [-0.39, 0.29) is 12.1 Å². The normalized spacial score (nSPS) is 22.1. The summed E-state index contributed by atoms with van der Waals surface area (Å²) in [6.07, 6.45) is 6.62. The summed E-state index contributed by atoms with van der Waals surface area (Å²) in [6, 6.07) is 6.28. The van der Waals surface area contributed by atoms with Gasteiger partial charge in [0.1, 0.15) is 22.4 Å². The maximum atomic E-state index is 9.90. The molecule has 11 heteroatoms. The molecular formula is C24H32N8O2S. The van der Waals surface area contributed by atoms with Gasteiger partial charge in [-0.1, -0.05) is 17.9 Å². The van der Waals surface area contributed by atoms with Crippen LogP contribution in [-0.2, 0) is 11.3 Å². The maximum absolute atomic E-state index is 9.90. The molecule has 1 aliphatic carbocycles. The van der Waals surface area contributed by atoms with Gasteiger partial charge in [0.15, 0.2) is 5.13 Å². The van der Waals surface area contributed by atoms with Crippen LogP contribution in [0, 0.1) is 0 Å². The molecular weight excluding hydrogens is 464 g/mol. The Hall–Kier alpha value is -2.70. The lowest BCUT2D eigenvalue weighted by molar-refractivity contribution is 0.0336. The number of ether oxygens (including phenoxy) is 1. The number of aliphatic hydroxyl groups is 1. The van der Waals surface area contributed by atoms with E-state index in [4.69, 9.17) is 14.7 Å². The number of hydrogen-bond donors (Lipinski definition) is 4. The Morgan fingerprint density at radius 1 is 1.23 bits per heavy atom. The highest BCUT2D eigenvalue weighted by molar-refractivity contribution is 7.21. The summed E-state index contributed by atoms with van der Waals surface area (Å²) < 4.78 is 5.50. The predicted molar refractivity (Wildman–Crippen MR) is 138 cm³/mol. The fourth-order valence-electron chi connectivity index (χ4n) is 4.59. The third-order valence-electron chi connectivity index (χ3n) is 6.31. The smallest absolute Gasteiger partial charge is 0.225 e. The average Bonchev–Trinajstić information content (AvgIpc) is 3.27. The fourth-order valence-corrected chi connectivity index (χ4v) is 5.41. The summed E-state index contributed by atoms with van der Waals surface area (Å²) in [5.74, 6) is 1.31. The summed E-state index contributed by atoms with van der Waals surface area (Å²) in [5.41, 5.74) is 1.81. The molecule has 1 aliphatic heterocycles. The highest BCUT2D eigenvalue weighted by Crippen LogP contribution is 2.27. The molecule has 3 aromatic heterocycles. The van der Waals surface area contributed by atoms with Gasteiger partial charge in [0.05, 0.1) is 18.9 Å². The number of hydrogen-bond acceptors (Lipinski definition) is 11. The molecule has 3 unspecified atom stereocenters. The maximum Gasteiger partial charge on any atom is 0.225 e. The van der Waals surface area contributed by atoms with Crippen LogP contribution in [0.5, 0.6) is 0 Å². The number of rotatable bonds is 9. The monoisotopic (exact) mass is 496 g/mol. The van der Waals surface area contributed by atoms with E-state index >= 15 is 0 Å². The fraction of sp³-hybridized carbons (Fsp3) is 0.500. The Morgan fingerprint density at radius 3 is 2.91 bits per heavy atom. The number of morpholine rings is 1. The molecule has 0 bridgehead atoms. The van der Waals surface area contributed by atoms with E-state index in [2.05, 4.69) is 37.4 Å². The number of aliphatic hydroxyl groups excluding tert-OH is 1. The van der Waals surface area contributed by atoms with Gasteiger partial charge < -0.3 is 20.5 Å². The molecule has 2 aliphatic rings. The Kier molecular flexibility index (Phi) is 7.79. The van der Waals surface area contributed by atoms with Crippen molar-refractivity contribution in [2.45, 2.75) is 50.5 Å². The molecule has 10 nitrogen and oxygen atoms in total. The number of fused-ring (bicyclic) bond motifs is 1. The van der Waals surface area contributed by atoms with Crippen LogP contribution in [-0.4, -0.2) is 74.6 Å². The van der Waals surface area contributed by atoms with Crippen LogP contribution in [0.15, 0.2) is 37.1 Å². The average molecular weight is 497 g/mol. The molecule has 2 fully saturated rings. The Labute approximate surface area is 208 Å². The topological polar surface area (TPSA) is 120 Å². The van der Waals surface area contributed by atoms with Gasteiger partial charge in [-0.15, -0.1) is 0 Å². The summed E-state index contributed by atoms with van der Waals surface area (Å²) in [7, 11) is 0. The van der Waals surface area contributed by atoms with Crippen molar-refractivity contribution in [1.82, 2.24) is 30.2 Å². The molecule has 0 spiro atoms. The Balaban J connectivity index is 1.34. The van der Waals surface area contributed by atoms with E-state index in [9.17, 15) is 5.11 Å². The van der Waals surface area contributed by atoms with Gasteiger partial charge in [-0.25, -0.2) is 15.0 Å². The lowest BCUT2D eigenvalue weighted by atomic mass is 9.91. The van der Waals surface area contributed by atoms with Gasteiger partial charge >= 0.3 is 0 Å². The molecule has 35 heavy (non-hydrogen) atoms. The first kappa shape index (κ1) is 24.0. The number of nitrogens with zero attached hydrogens (tertiary/aromatic N) is 5. The molecule has 4 N–H and O–H groups in total. The number of pyridine rings is 1. The van der Waals surface area contributed by atoms with Gasteiger partial charge in [-0.3, -0.25) is 10.2 Å². The van der Waals surface area contributed by atoms with Crippen molar-refractivity contribution in [3.05, 3.63) is 42.7 Å². The highest BCUT2D eigenvalue weighted by Gasteiger charge is 2.24. The van der Waals surface area contributed by atoms with Crippen LogP contribution < -0.4 is 16.0 Å². The summed E-state index contributed by atoms with van der Waals surface area (Å²) >= 11 is 1.50. The first-order valence-electron chi connectivity index (χ1n) is 12.1. The van der Waals surface area contributed by atoms with Gasteiger partial charge in [0, 0.05) is 44.0 Å². The van der Waals surface area contributed by atoms with E-state index < -0.39 is 6.23 Å². The van der Waals surface area contributed by atoms with Crippen molar-refractivity contribution in [3.8, 4) is 0 Å². The second kappa shape index (κ2) is 11.4. The zero-order chi connectivity index (χ0) is 24.0. The minimum atomic E-state index is -0.689. The zero-order valence-electron chi connectivity index (χ0n) is 19.7. The number of aromatic nitrogens is 4. The number of anilines is 3. The number of nitrogens with one attached hydrogen (secondary N) is 3.